The van der Waals surface area contributed by atoms with Gasteiger partial charge < -0.3 is 16.0 Å². The molecule has 0 unspecified atom stereocenters. The quantitative estimate of drug-likeness (QED) is 0.128. The molecule has 0 saturated heterocycles. The molecule has 36 heavy (non-hydrogen) atoms. The number of ketones is 1. The van der Waals surface area contributed by atoms with Gasteiger partial charge in [0.25, 0.3) is 11.8 Å². The molecule has 0 saturated carbocycles. The summed E-state index contributed by atoms with van der Waals surface area (Å²) in [6.45, 7) is 2.90. The second-order valence-corrected chi connectivity index (χ2v) is 8.31. The van der Waals surface area contributed by atoms with Gasteiger partial charge in [-0.1, -0.05) is 12.8 Å². The van der Waals surface area contributed by atoms with Gasteiger partial charge in [-0.2, -0.15) is 0 Å². The van der Waals surface area contributed by atoms with E-state index in [0.717, 1.165) is 25.7 Å². The number of hydrogen-bond acceptors (Lipinski definition) is 7. The Labute approximate surface area is 212 Å². The summed E-state index contributed by atoms with van der Waals surface area (Å²) in [6, 6.07) is 0. The second-order valence-electron chi connectivity index (χ2n) is 8.31. The first-order valence-corrected chi connectivity index (χ1v) is 12.0. The van der Waals surface area contributed by atoms with Gasteiger partial charge >= 0.3 is 0 Å². The molecule has 11 heteroatoms. The SMILES string of the molecule is CC(=O)CCNC(=O)CCCCCN(C)C(=O)/C=C\C=O.NC(=O)CCCCCN1C(=O)C=CC1=O. The fourth-order valence-electron chi connectivity index (χ4n) is 3.03. The van der Waals surface area contributed by atoms with E-state index in [1.54, 1.807) is 7.05 Å². The van der Waals surface area contributed by atoms with Crippen LogP contribution in [0.5, 0.6) is 0 Å². The van der Waals surface area contributed by atoms with Gasteiger partial charge in [-0.05, 0) is 38.7 Å². The molecule has 1 heterocycles. The number of Topliss-reactive ketones (excluding diaryl/α,β-unsaturated/α-hetero) is 1. The molecule has 1 rings (SSSR count). The molecule has 1 aliphatic rings. The van der Waals surface area contributed by atoms with Gasteiger partial charge in [0.1, 0.15) is 12.1 Å². The number of likely N-dealkylation sites (N-methyl/N-ethyl adjacent to an activating group) is 1. The topological polar surface area (TPSA) is 164 Å². The van der Waals surface area contributed by atoms with Gasteiger partial charge in [0.2, 0.25) is 17.7 Å². The first-order chi connectivity index (χ1) is 17.1. The average Bonchev–Trinajstić information content (AvgIpc) is 3.14. The molecule has 0 fully saturated rings. The summed E-state index contributed by atoms with van der Waals surface area (Å²) < 4.78 is 0. The molecule has 0 aliphatic carbocycles. The summed E-state index contributed by atoms with van der Waals surface area (Å²) in [5.41, 5.74) is 4.97. The minimum absolute atomic E-state index is 0.0467. The number of aldehydes is 1. The van der Waals surface area contributed by atoms with Gasteiger partial charge in [-0.3, -0.25) is 38.5 Å². The molecular formula is C25H38N4O7. The zero-order valence-corrected chi connectivity index (χ0v) is 21.2. The predicted octanol–water partition coefficient (Wildman–Crippen LogP) is 0.813. The van der Waals surface area contributed by atoms with Gasteiger partial charge in [-0.25, -0.2) is 0 Å². The number of nitrogens with two attached hydrogens (primary N) is 1. The predicted molar refractivity (Wildman–Crippen MR) is 133 cm³/mol. The number of imide groups is 1. The van der Waals surface area contributed by atoms with Crippen LogP contribution in [-0.2, 0) is 33.6 Å². The third-order valence-corrected chi connectivity index (χ3v) is 5.10. The van der Waals surface area contributed by atoms with Crippen LogP contribution in [0.1, 0.15) is 64.7 Å². The van der Waals surface area contributed by atoms with Gasteiger partial charge in [0, 0.05) is 64.2 Å². The van der Waals surface area contributed by atoms with Gasteiger partial charge in [0.05, 0.1) is 0 Å². The summed E-state index contributed by atoms with van der Waals surface area (Å²) in [7, 11) is 1.67. The van der Waals surface area contributed by atoms with Crippen LogP contribution in [0.4, 0.5) is 0 Å². The van der Waals surface area contributed by atoms with Crippen LogP contribution in [0, 0.1) is 0 Å². The highest BCUT2D eigenvalue weighted by molar-refractivity contribution is 6.12. The maximum Gasteiger partial charge on any atom is 0.253 e. The standard InChI is InChI=1S/C15H24N2O4.C10H14N2O3/c1-13(19)9-10-16-14(20)7-4-3-5-11-17(2)15(21)8-6-12-18;11-8(13)4-2-1-3-7-12-9(14)5-6-10(12)15/h6,8,12H,3-5,7,9-11H2,1-2H3,(H,16,20);5-6H,1-4,7H2,(H2,11,13)/b8-6-;. The van der Waals surface area contributed by atoms with E-state index in [9.17, 15) is 33.6 Å². The fraction of sp³-hybridized carbons (Fsp3) is 0.560. The zero-order chi connectivity index (χ0) is 27.3. The van der Waals surface area contributed by atoms with Crippen molar-refractivity contribution in [2.24, 2.45) is 5.73 Å². The largest absolute Gasteiger partial charge is 0.370 e. The van der Waals surface area contributed by atoms with Crippen LogP contribution in [0.15, 0.2) is 24.3 Å². The second kappa shape index (κ2) is 19.7. The average molecular weight is 507 g/mol. The van der Waals surface area contributed by atoms with E-state index in [2.05, 4.69) is 5.32 Å². The van der Waals surface area contributed by atoms with Crippen molar-refractivity contribution in [2.75, 3.05) is 26.7 Å². The molecule has 0 atom stereocenters. The Bertz CT molecular complexity index is 818. The monoisotopic (exact) mass is 506 g/mol. The molecule has 0 aromatic carbocycles. The van der Waals surface area contributed by atoms with Crippen molar-refractivity contribution >= 4 is 41.6 Å². The molecule has 5 amide bonds. The van der Waals surface area contributed by atoms with E-state index in [1.165, 1.54) is 41.0 Å². The Hall–Kier alpha value is -3.63. The van der Waals surface area contributed by atoms with Crippen molar-refractivity contribution in [3.05, 3.63) is 24.3 Å². The van der Waals surface area contributed by atoms with Crippen molar-refractivity contribution in [1.82, 2.24) is 15.1 Å². The molecule has 1 aliphatic heterocycles. The fourth-order valence-corrected chi connectivity index (χ4v) is 3.03. The highest BCUT2D eigenvalue weighted by Gasteiger charge is 2.22. The molecule has 0 aromatic rings. The van der Waals surface area contributed by atoms with Crippen LogP contribution < -0.4 is 11.1 Å². The first kappa shape index (κ1) is 32.4. The van der Waals surface area contributed by atoms with Crippen molar-refractivity contribution in [2.45, 2.75) is 64.7 Å². The lowest BCUT2D eigenvalue weighted by Crippen LogP contribution is -2.30. The molecule has 0 radical (unpaired) electrons. The number of allylic oxidation sites excluding steroid dienone is 1. The van der Waals surface area contributed by atoms with E-state index in [0.29, 0.717) is 58.0 Å². The van der Waals surface area contributed by atoms with Crippen LogP contribution in [0.2, 0.25) is 0 Å². The Balaban J connectivity index is 0.000000717. The van der Waals surface area contributed by atoms with Crippen LogP contribution in [0.3, 0.4) is 0 Å². The molecule has 0 spiro atoms. The highest BCUT2D eigenvalue weighted by atomic mass is 16.2. The lowest BCUT2D eigenvalue weighted by atomic mass is 10.2. The van der Waals surface area contributed by atoms with E-state index in [4.69, 9.17) is 5.73 Å². The van der Waals surface area contributed by atoms with Crippen molar-refractivity contribution < 1.29 is 33.6 Å². The Morgan fingerprint density at radius 3 is 2.14 bits per heavy atom. The Kier molecular flexibility index (Phi) is 17.7. The lowest BCUT2D eigenvalue weighted by molar-refractivity contribution is -0.137. The van der Waals surface area contributed by atoms with E-state index < -0.39 is 0 Å². The molecule has 0 aromatic heterocycles. The van der Waals surface area contributed by atoms with Crippen LogP contribution in [-0.4, -0.2) is 78.1 Å². The smallest absolute Gasteiger partial charge is 0.253 e. The number of hydrogen-bond donors (Lipinski definition) is 2. The minimum atomic E-state index is -0.315. The van der Waals surface area contributed by atoms with Gasteiger partial charge in [-0.15, -0.1) is 0 Å². The van der Waals surface area contributed by atoms with Crippen LogP contribution in [0.25, 0.3) is 0 Å². The lowest BCUT2D eigenvalue weighted by Gasteiger charge is -2.14. The summed E-state index contributed by atoms with van der Waals surface area (Å²) >= 11 is 0. The molecule has 0 bridgehead atoms. The number of primary amides is 1. The molecule has 3 N–H and O–H groups in total. The molecular weight excluding hydrogens is 468 g/mol. The third kappa shape index (κ3) is 16.9. The van der Waals surface area contributed by atoms with E-state index in [1.807, 2.05) is 0 Å². The highest BCUT2D eigenvalue weighted by Crippen LogP contribution is 2.07. The normalized spacial score (nSPS) is 12.3. The van der Waals surface area contributed by atoms with Crippen LogP contribution >= 0.6 is 0 Å². The third-order valence-electron chi connectivity index (χ3n) is 5.10. The summed E-state index contributed by atoms with van der Waals surface area (Å²) in [5.74, 6) is -1.01. The minimum Gasteiger partial charge on any atom is -0.370 e. The number of carbonyl (C=O) groups excluding carboxylic acids is 7. The number of nitrogens with one attached hydrogen (secondary N) is 1. The van der Waals surface area contributed by atoms with Crippen molar-refractivity contribution in [3.8, 4) is 0 Å². The zero-order valence-electron chi connectivity index (χ0n) is 21.2. The molecule has 200 valence electrons. The summed E-state index contributed by atoms with van der Waals surface area (Å²) in [4.78, 5) is 79.0. The summed E-state index contributed by atoms with van der Waals surface area (Å²) in [6.07, 6.45) is 11.3. The number of nitrogens with zero attached hydrogens (tertiary/aromatic N) is 2. The Morgan fingerprint density at radius 2 is 1.56 bits per heavy atom. The number of carbonyl (C=O) groups is 7. The Morgan fingerprint density at radius 1 is 0.944 bits per heavy atom. The summed E-state index contributed by atoms with van der Waals surface area (Å²) in [5, 5.41) is 2.69. The van der Waals surface area contributed by atoms with E-state index >= 15 is 0 Å². The number of rotatable bonds is 17. The van der Waals surface area contributed by atoms with Gasteiger partial charge in [0.15, 0.2) is 0 Å². The number of amides is 5. The maximum atomic E-state index is 11.4. The maximum absolute atomic E-state index is 11.4. The number of unbranched alkanes of at least 4 members (excludes halogenated alkanes) is 4. The van der Waals surface area contributed by atoms with E-state index in [-0.39, 0.29) is 35.3 Å². The van der Waals surface area contributed by atoms with Crippen molar-refractivity contribution in [3.63, 3.8) is 0 Å². The van der Waals surface area contributed by atoms with Crippen molar-refractivity contribution in [1.29, 1.82) is 0 Å². The molecule has 11 nitrogen and oxygen atoms in total. The first-order valence-electron chi connectivity index (χ1n) is 12.0.